The molecule has 0 aromatic heterocycles. The molecular weight excluding hydrogens is 386 g/mol. The Labute approximate surface area is 176 Å². The molecule has 0 bridgehead atoms. The van der Waals surface area contributed by atoms with E-state index in [1.165, 1.54) is 12.7 Å². The van der Waals surface area contributed by atoms with Crippen molar-refractivity contribution < 1.29 is 28.5 Å². The van der Waals surface area contributed by atoms with E-state index in [1.807, 2.05) is 24.3 Å². The fraction of sp³-hybridized carbons (Fsp3) is 0.435. The van der Waals surface area contributed by atoms with E-state index in [0.29, 0.717) is 17.2 Å². The average Bonchev–Trinajstić information content (AvgIpc) is 2.79. The molecular formula is C23H27NO6. The van der Waals surface area contributed by atoms with Gasteiger partial charge in [-0.2, -0.15) is 0 Å². The lowest BCUT2D eigenvalue weighted by molar-refractivity contribution is -0.149. The van der Waals surface area contributed by atoms with E-state index in [0.717, 1.165) is 41.8 Å². The molecule has 2 atom stereocenters. The minimum atomic E-state index is -0.509. The van der Waals surface area contributed by atoms with Crippen LogP contribution in [0.25, 0.3) is 0 Å². The SMILES string of the molecule is COC(=O)[C@@H]1c2cc(OC)c(OC)cc2C[C@H]2c3cc(OC)c(OC)cc3CCN12. The monoisotopic (exact) mass is 413 g/mol. The number of methoxy groups -OCH3 is 5. The lowest BCUT2D eigenvalue weighted by atomic mass is 9.80. The molecule has 7 heteroatoms. The van der Waals surface area contributed by atoms with Gasteiger partial charge in [-0.15, -0.1) is 0 Å². The first-order chi connectivity index (χ1) is 14.6. The normalized spacial score (nSPS) is 19.8. The Balaban J connectivity index is 1.87. The van der Waals surface area contributed by atoms with Gasteiger partial charge >= 0.3 is 5.97 Å². The second kappa shape index (κ2) is 8.07. The van der Waals surface area contributed by atoms with E-state index >= 15 is 0 Å². The van der Waals surface area contributed by atoms with Gasteiger partial charge in [0.05, 0.1) is 35.5 Å². The predicted octanol–water partition coefficient (Wildman–Crippen LogP) is 3.09. The summed E-state index contributed by atoms with van der Waals surface area (Å²) in [4.78, 5) is 15.1. The highest BCUT2D eigenvalue weighted by molar-refractivity contribution is 5.79. The second-order valence-corrected chi connectivity index (χ2v) is 7.45. The first-order valence-corrected chi connectivity index (χ1v) is 9.89. The van der Waals surface area contributed by atoms with Gasteiger partial charge in [0.2, 0.25) is 0 Å². The summed E-state index contributed by atoms with van der Waals surface area (Å²) >= 11 is 0. The molecule has 2 aliphatic heterocycles. The molecule has 160 valence electrons. The van der Waals surface area contributed by atoms with Gasteiger partial charge in [-0.25, -0.2) is 4.79 Å². The van der Waals surface area contributed by atoms with Gasteiger partial charge in [0.25, 0.3) is 0 Å². The molecule has 0 aliphatic carbocycles. The minimum Gasteiger partial charge on any atom is -0.493 e. The van der Waals surface area contributed by atoms with Crippen LogP contribution in [0.3, 0.4) is 0 Å². The van der Waals surface area contributed by atoms with Gasteiger partial charge in [-0.1, -0.05) is 0 Å². The number of fused-ring (bicyclic) bond motifs is 4. The molecule has 2 aromatic carbocycles. The van der Waals surface area contributed by atoms with Crippen LogP contribution >= 0.6 is 0 Å². The van der Waals surface area contributed by atoms with Crippen LogP contribution in [-0.4, -0.2) is 53.0 Å². The smallest absolute Gasteiger partial charge is 0.327 e. The van der Waals surface area contributed by atoms with Crippen molar-refractivity contribution in [2.75, 3.05) is 42.1 Å². The number of ether oxygens (including phenoxy) is 5. The number of hydrogen-bond acceptors (Lipinski definition) is 7. The highest BCUT2D eigenvalue weighted by Crippen LogP contribution is 2.48. The number of hydrogen-bond donors (Lipinski definition) is 0. The Morgan fingerprint density at radius 1 is 0.800 bits per heavy atom. The summed E-state index contributed by atoms with van der Waals surface area (Å²) in [7, 11) is 7.92. The van der Waals surface area contributed by atoms with Crippen molar-refractivity contribution >= 4 is 5.97 Å². The number of carbonyl (C=O) groups excluding carboxylic acids is 1. The van der Waals surface area contributed by atoms with E-state index in [4.69, 9.17) is 23.7 Å². The summed E-state index contributed by atoms with van der Waals surface area (Å²) in [5.41, 5.74) is 4.31. The highest BCUT2D eigenvalue weighted by Gasteiger charge is 2.43. The van der Waals surface area contributed by atoms with Crippen molar-refractivity contribution in [2.45, 2.75) is 24.9 Å². The van der Waals surface area contributed by atoms with Crippen molar-refractivity contribution in [2.24, 2.45) is 0 Å². The summed E-state index contributed by atoms with van der Waals surface area (Å²) in [5.74, 6) is 2.38. The van der Waals surface area contributed by atoms with Crippen molar-refractivity contribution in [3.8, 4) is 23.0 Å². The molecule has 0 saturated carbocycles. The van der Waals surface area contributed by atoms with Crippen LogP contribution in [0.5, 0.6) is 23.0 Å². The Morgan fingerprint density at radius 3 is 1.90 bits per heavy atom. The number of rotatable bonds is 5. The summed E-state index contributed by atoms with van der Waals surface area (Å²) < 4.78 is 27.2. The quantitative estimate of drug-likeness (QED) is 0.698. The topological polar surface area (TPSA) is 66.5 Å². The van der Waals surface area contributed by atoms with Gasteiger partial charge in [0.1, 0.15) is 6.04 Å². The third-order valence-electron chi connectivity index (χ3n) is 6.15. The molecule has 0 fully saturated rings. The third kappa shape index (κ3) is 3.13. The maximum atomic E-state index is 12.9. The molecule has 2 aliphatic rings. The van der Waals surface area contributed by atoms with Crippen molar-refractivity contribution in [3.63, 3.8) is 0 Å². The zero-order valence-corrected chi connectivity index (χ0v) is 18.0. The van der Waals surface area contributed by atoms with Gasteiger partial charge in [0, 0.05) is 12.6 Å². The molecule has 0 unspecified atom stereocenters. The molecule has 2 aromatic rings. The number of benzene rings is 2. The van der Waals surface area contributed by atoms with Gasteiger partial charge in [0.15, 0.2) is 23.0 Å². The van der Waals surface area contributed by atoms with Gasteiger partial charge in [-0.05, 0) is 59.4 Å². The zero-order chi connectivity index (χ0) is 21.4. The second-order valence-electron chi connectivity index (χ2n) is 7.45. The standard InChI is InChI=1S/C23H27NO6/c1-26-18-9-13-6-7-24-17(15(13)11-20(18)28-3)8-14-10-19(27-2)21(29-4)12-16(14)22(24)23(25)30-5/h9-12,17,22H,6-8H2,1-5H3/t17-,22-/m0/s1. The number of esters is 1. The zero-order valence-electron chi connectivity index (χ0n) is 18.0. The van der Waals surface area contributed by atoms with Crippen LogP contribution in [0.15, 0.2) is 24.3 Å². The first-order valence-electron chi connectivity index (χ1n) is 9.89. The van der Waals surface area contributed by atoms with Crippen LogP contribution in [0.2, 0.25) is 0 Å². The maximum Gasteiger partial charge on any atom is 0.327 e. The van der Waals surface area contributed by atoms with Crippen LogP contribution in [0.4, 0.5) is 0 Å². The average molecular weight is 413 g/mol. The molecule has 0 N–H and O–H groups in total. The summed E-state index contributed by atoms with van der Waals surface area (Å²) in [5, 5.41) is 0. The van der Waals surface area contributed by atoms with Crippen molar-refractivity contribution in [1.29, 1.82) is 0 Å². The van der Waals surface area contributed by atoms with E-state index in [2.05, 4.69) is 4.90 Å². The molecule has 7 nitrogen and oxygen atoms in total. The maximum absolute atomic E-state index is 12.9. The van der Waals surface area contributed by atoms with Crippen molar-refractivity contribution in [1.82, 2.24) is 4.90 Å². The van der Waals surface area contributed by atoms with Crippen LogP contribution in [-0.2, 0) is 22.4 Å². The summed E-state index contributed by atoms with van der Waals surface area (Å²) in [6, 6.07) is 7.45. The summed E-state index contributed by atoms with van der Waals surface area (Å²) in [6.45, 7) is 0.737. The Bertz CT molecular complexity index is 973. The predicted molar refractivity (Wildman–Crippen MR) is 111 cm³/mol. The van der Waals surface area contributed by atoms with Crippen LogP contribution in [0.1, 0.15) is 34.3 Å². The number of carbonyl (C=O) groups is 1. The van der Waals surface area contributed by atoms with Gasteiger partial charge < -0.3 is 23.7 Å². The van der Waals surface area contributed by atoms with E-state index in [9.17, 15) is 4.79 Å². The lowest BCUT2D eigenvalue weighted by Gasteiger charge is -2.45. The fourth-order valence-corrected chi connectivity index (χ4v) is 4.71. The van der Waals surface area contributed by atoms with Crippen LogP contribution in [0, 0.1) is 0 Å². The minimum absolute atomic E-state index is 0.0169. The molecule has 30 heavy (non-hydrogen) atoms. The lowest BCUT2D eigenvalue weighted by Crippen LogP contribution is -2.46. The third-order valence-corrected chi connectivity index (χ3v) is 6.15. The van der Waals surface area contributed by atoms with E-state index < -0.39 is 6.04 Å². The highest BCUT2D eigenvalue weighted by atomic mass is 16.5. The van der Waals surface area contributed by atoms with E-state index in [1.54, 1.807) is 28.4 Å². The largest absolute Gasteiger partial charge is 0.493 e. The fourth-order valence-electron chi connectivity index (χ4n) is 4.71. The Hall–Kier alpha value is -2.93. The molecule has 0 saturated heterocycles. The molecule has 4 rings (SSSR count). The Kier molecular flexibility index (Phi) is 5.47. The van der Waals surface area contributed by atoms with E-state index in [-0.39, 0.29) is 12.0 Å². The van der Waals surface area contributed by atoms with Crippen LogP contribution < -0.4 is 18.9 Å². The molecule has 0 radical (unpaired) electrons. The van der Waals surface area contributed by atoms with Crippen molar-refractivity contribution in [3.05, 3.63) is 46.5 Å². The first kappa shape index (κ1) is 20.3. The van der Waals surface area contributed by atoms with Gasteiger partial charge in [-0.3, -0.25) is 4.90 Å². The molecule has 2 heterocycles. The summed E-state index contributed by atoms with van der Waals surface area (Å²) in [6.07, 6.45) is 1.55. The Morgan fingerprint density at radius 2 is 1.33 bits per heavy atom. The number of nitrogens with zero attached hydrogens (tertiary/aromatic N) is 1. The molecule has 0 amide bonds. The molecule has 0 spiro atoms.